The number of nitrogens with zero attached hydrogens (tertiary/aromatic N) is 3. The second-order valence-corrected chi connectivity index (χ2v) is 4.03. The van der Waals surface area contributed by atoms with Gasteiger partial charge in [-0.3, -0.25) is 0 Å². The van der Waals surface area contributed by atoms with E-state index in [-0.39, 0.29) is 0 Å². The van der Waals surface area contributed by atoms with Gasteiger partial charge in [0, 0.05) is 32.7 Å². The first-order valence-electron chi connectivity index (χ1n) is 5.97. The normalized spacial score (nSPS) is 16.5. The molecule has 2 rings (SSSR count). The highest BCUT2D eigenvalue weighted by atomic mass is 16.6. The summed E-state index contributed by atoms with van der Waals surface area (Å²) in [5, 5.41) is 10.6. The van der Waals surface area contributed by atoms with Gasteiger partial charge in [-0.1, -0.05) is 16.4 Å². The summed E-state index contributed by atoms with van der Waals surface area (Å²) in [7, 11) is 0. The standard InChI is InChI=1S/C12H18N4O/c1-2-12(3-6-15-17-14-5-1)4-9-16-10-7-13-8-11-16/h1-3,5-6,13H,4,7-11H2. The Labute approximate surface area is 101 Å². The minimum absolute atomic E-state index is 1.02. The lowest BCUT2D eigenvalue weighted by molar-refractivity contribution is 0.244. The predicted molar refractivity (Wildman–Crippen MR) is 64.9 cm³/mol. The highest BCUT2D eigenvalue weighted by molar-refractivity contribution is 5.08. The molecular weight excluding hydrogens is 216 g/mol. The molecule has 2 heterocycles. The topological polar surface area (TPSA) is 54.2 Å². The van der Waals surface area contributed by atoms with E-state index in [9.17, 15) is 0 Å². The van der Waals surface area contributed by atoms with Crippen molar-refractivity contribution in [2.45, 2.75) is 6.42 Å². The first kappa shape index (κ1) is 12.0. The average molecular weight is 234 g/mol. The molecular formula is C12H18N4O. The van der Waals surface area contributed by atoms with E-state index >= 15 is 0 Å². The van der Waals surface area contributed by atoms with Crippen molar-refractivity contribution < 1.29 is 4.63 Å². The highest BCUT2D eigenvalue weighted by Gasteiger charge is 2.08. The number of hydrogen-bond donors (Lipinski definition) is 1. The molecule has 92 valence electrons. The van der Waals surface area contributed by atoms with Crippen LogP contribution in [0.25, 0.3) is 0 Å². The average Bonchev–Trinajstić information content (AvgIpc) is 2.51. The molecule has 1 aliphatic heterocycles. The van der Waals surface area contributed by atoms with E-state index in [0.717, 1.165) is 39.1 Å². The molecule has 1 saturated heterocycles. The first-order valence-corrected chi connectivity index (χ1v) is 5.97. The third-order valence-corrected chi connectivity index (χ3v) is 2.83. The lowest BCUT2D eigenvalue weighted by Gasteiger charge is -2.26. The fourth-order valence-electron chi connectivity index (χ4n) is 1.85. The fourth-order valence-corrected chi connectivity index (χ4v) is 1.85. The lowest BCUT2D eigenvalue weighted by atomic mass is 10.2. The molecule has 0 bridgehead atoms. The second kappa shape index (κ2) is 6.98. The van der Waals surface area contributed by atoms with Gasteiger partial charge in [-0.05, 0) is 24.1 Å². The van der Waals surface area contributed by atoms with E-state index in [0.29, 0.717) is 0 Å². The van der Waals surface area contributed by atoms with Crippen LogP contribution in [0.15, 0.2) is 35.2 Å². The molecule has 0 saturated carbocycles. The van der Waals surface area contributed by atoms with Gasteiger partial charge < -0.3 is 10.2 Å². The predicted octanol–water partition coefficient (Wildman–Crippen LogP) is 0.642. The fraction of sp³-hybridized carbons (Fsp3) is 0.500. The maximum Gasteiger partial charge on any atom is 0.0698 e. The Balaban J connectivity index is 1.92. The van der Waals surface area contributed by atoms with Crippen molar-refractivity contribution in [3.63, 3.8) is 0 Å². The number of hydrogen-bond acceptors (Lipinski definition) is 5. The van der Waals surface area contributed by atoms with E-state index in [4.69, 9.17) is 0 Å². The molecule has 1 aromatic rings. The smallest absolute Gasteiger partial charge is 0.0698 e. The summed E-state index contributed by atoms with van der Waals surface area (Å²) in [4.78, 5) is 2.47. The summed E-state index contributed by atoms with van der Waals surface area (Å²) in [5.74, 6) is 0. The van der Waals surface area contributed by atoms with Crippen molar-refractivity contribution in [1.82, 2.24) is 20.5 Å². The van der Waals surface area contributed by atoms with Gasteiger partial charge in [0.25, 0.3) is 0 Å². The van der Waals surface area contributed by atoms with Crippen molar-refractivity contribution in [3.05, 3.63) is 36.2 Å². The zero-order valence-electron chi connectivity index (χ0n) is 9.88. The molecule has 0 aromatic carbocycles. The number of rotatable bonds is 3. The summed E-state index contributed by atoms with van der Waals surface area (Å²) >= 11 is 0. The molecule has 17 heavy (non-hydrogen) atoms. The SMILES string of the molecule is c1cnonccc(CCN2CCNCC2)c1. The van der Waals surface area contributed by atoms with Crippen molar-refractivity contribution in [2.75, 3.05) is 32.7 Å². The molecule has 1 fully saturated rings. The molecule has 0 radical (unpaired) electrons. The van der Waals surface area contributed by atoms with Crippen molar-refractivity contribution in [2.24, 2.45) is 0 Å². The molecule has 0 spiro atoms. The van der Waals surface area contributed by atoms with Gasteiger partial charge in [0.05, 0.1) is 12.4 Å². The van der Waals surface area contributed by atoms with Crippen molar-refractivity contribution in [3.8, 4) is 0 Å². The summed E-state index contributed by atoms with van der Waals surface area (Å²) in [6.07, 6.45) is 4.26. The minimum atomic E-state index is 1.02. The highest BCUT2D eigenvalue weighted by Crippen LogP contribution is 1.99. The third-order valence-electron chi connectivity index (χ3n) is 2.83. The number of nitrogens with one attached hydrogen (secondary N) is 1. The molecule has 0 atom stereocenters. The Morgan fingerprint density at radius 2 is 2.00 bits per heavy atom. The molecule has 0 unspecified atom stereocenters. The van der Waals surface area contributed by atoms with Gasteiger partial charge in [-0.2, -0.15) is 0 Å². The monoisotopic (exact) mass is 234 g/mol. The van der Waals surface area contributed by atoms with Gasteiger partial charge in [0.15, 0.2) is 0 Å². The van der Waals surface area contributed by atoms with E-state index < -0.39 is 0 Å². The number of aromatic nitrogens is 2. The summed E-state index contributed by atoms with van der Waals surface area (Å²) in [6, 6.07) is 5.89. The third kappa shape index (κ3) is 4.50. The van der Waals surface area contributed by atoms with Crippen LogP contribution in [0.5, 0.6) is 0 Å². The Hall–Kier alpha value is -1.46. The molecule has 1 aromatic heterocycles. The Bertz CT molecular complexity index is 348. The zero-order valence-corrected chi connectivity index (χ0v) is 9.88. The minimum Gasteiger partial charge on any atom is -0.314 e. The van der Waals surface area contributed by atoms with Crippen molar-refractivity contribution in [1.29, 1.82) is 0 Å². The van der Waals surface area contributed by atoms with Crippen LogP contribution >= 0.6 is 0 Å². The Morgan fingerprint density at radius 1 is 1.18 bits per heavy atom. The van der Waals surface area contributed by atoms with Gasteiger partial charge >= 0.3 is 0 Å². The first-order chi connectivity index (χ1) is 8.45. The molecule has 0 aliphatic carbocycles. The van der Waals surface area contributed by atoms with Crippen LogP contribution in [0.4, 0.5) is 0 Å². The van der Waals surface area contributed by atoms with Gasteiger partial charge in [0.1, 0.15) is 0 Å². The zero-order chi connectivity index (χ0) is 11.8. The quantitative estimate of drug-likeness (QED) is 0.832. The molecule has 5 heteroatoms. The van der Waals surface area contributed by atoms with Crippen LogP contribution in [0, 0.1) is 0 Å². The van der Waals surface area contributed by atoms with E-state index in [2.05, 4.69) is 25.2 Å². The maximum atomic E-state index is 4.62. The van der Waals surface area contributed by atoms with Crippen molar-refractivity contribution >= 4 is 0 Å². The largest absolute Gasteiger partial charge is 0.314 e. The van der Waals surface area contributed by atoms with Gasteiger partial charge in [0.2, 0.25) is 0 Å². The lowest BCUT2D eigenvalue weighted by Crippen LogP contribution is -2.44. The van der Waals surface area contributed by atoms with Crippen LogP contribution < -0.4 is 5.32 Å². The summed E-state index contributed by atoms with van der Waals surface area (Å²) in [6.45, 7) is 5.54. The molecule has 1 aliphatic rings. The summed E-state index contributed by atoms with van der Waals surface area (Å²) < 4.78 is 4.62. The molecule has 1 N–H and O–H groups in total. The Kier molecular flexibility index (Phi) is 4.93. The van der Waals surface area contributed by atoms with E-state index in [1.807, 2.05) is 18.2 Å². The molecule has 5 nitrogen and oxygen atoms in total. The summed E-state index contributed by atoms with van der Waals surface area (Å²) in [5.41, 5.74) is 1.24. The van der Waals surface area contributed by atoms with Gasteiger partial charge in [-0.15, -0.1) is 0 Å². The van der Waals surface area contributed by atoms with E-state index in [1.54, 1.807) is 12.4 Å². The van der Waals surface area contributed by atoms with Crippen LogP contribution in [-0.2, 0) is 6.42 Å². The van der Waals surface area contributed by atoms with Crippen LogP contribution in [0.2, 0.25) is 0 Å². The van der Waals surface area contributed by atoms with E-state index in [1.165, 1.54) is 5.56 Å². The van der Waals surface area contributed by atoms with Crippen LogP contribution in [0.1, 0.15) is 5.56 Å². The maximum absolute atomic E-state index is 4.62. The van der Waals surface area contributed by atoms with Crippen LogP contribution in [-0.4, -0.2) is 47.9 Å². The molecule has 0 amide bonds. The Morgan fingerprint density at radius 3 is 2.88 bits per heavy atom. The number of piperazine rings is 1. The second-order valence-electron chi connectivity index (χ2n) is 4.03. The van der Waals surface area contributed by atoms with Crippen LogP contribution in [0.3, 0.4) is 0 Å². The van der Waals surface area contributed by atoms with Gasteiger partial charge in [-0.25, -0.2) is 4.63 Å².